The van der Waals surface area contributed by atoms with Crippen LogP contribution in [0, 0.1) is 0 Å². The lowest BCUT2D eigenvalue weighted by atomic mass is 9.69. The summed E-state index contributed by atoms with van der Waals surface area (Å²) >= 11 is 0. The Morgan fingerprint density at radius 1 is 0.295 bits per heavy atom. The van der Waals surface area contributed by atoms with E-state index in [2.05, 4.69) is 200 Å². The van der Waals surface area contributed by atoms with E-state index in [-0.39, 0.29) is 0 Å². The van der Waals surface area contributed by atoms with Gasteiger partial charge in [0, 0.05) is 16.7 Å². The number of rotatable bonds is 4. The predicted molar refractivity (Wildman–Crippen MR) is 253 cm³/mol. The smallest absolute Gasteiger partial charge is 0.160 e. The molecule has 2 aliphatic rings. The van der Waals surface area contributed by atoms with Crippen molar-refractivity contribution in [2.24, 2.45) is 0 Å². The lowest BCUT2D eigenvalue weighted by Gasteiger charge is -2.32. The van der Waals surface area contributed by atoms with Crippen LogP contribution in [0.4, 0.5) is 0 Å². The van der Waals surface area contributed by atoms with Crippen LogP contribution in [0.1, 0.15) is 22.3 Å². The summed E-state index contributed by atoms with van der Waals surface area (Å²) in [5.41, 5.74) is 17.5. The average molecular weight is 773 g/mol. The molecule has 1 heterocycles. The van der Waals surface area contributed by atoms with Crippen molar-refractivity contribution in [3.8, 4) is 67.3 Å². The van der Waals surface area contributed by atoms with E-state index in [1.807, 2.05) is 18.2 Å². The Hall–Kier alpha value is -7.94. The van der Waals surface area contributed by atoms with E-state index in [1.54, 1.807) is 0 Å². The van der Waals surface area contributed by atoms with Crippen LogP contribution in [0.15, 0.2) is 218 Å². The Balaban J connectivity index is 1.02. The number of fused-ring (bicyclic) bond motifs is 15. The van der Waals surface area contributed by atoms with Crippen LogP contribution < -0.4 is 0 Å². The largest absolute Gasteiger partial charge is 0.228 e. The second kappa shape index (κ2) is 13.0. The van der Waals surface area contributed by atoms with Crippen molar-refractivity contribution in [3.63, 3.8) is 0 Å². The number of hydrogen-bond acceptors (Lipinski definition) is 2. The maximum Gasteiger partial charge on any atom is 0.160 e. The average Bonchev–Trinajstić information content (AvgIpc) is 3.81. The second-order valence-electron chi connectivity index (χ2n) is 16.4. The van der Waals surface area contributed by atoms with E-state index >= 15 is 0 Å². The van der Waals surface area contributed by atoms with Gasteiger partial charge in [0.25, 0.3) is 0 Å². The molecule has 0 aliphatic heterocycles. The van der Waals surface area contributed by atoms with Crippen LogP contribution in [0.3, 0.4) is 0 Å². The van der Waals surface area contributed by atoms with Crippen LogP contribution in [0.2, 0.25) is 0 Å². The van der Waals surface area contributed by atoms with Gasteiger partial charge in [0.2, 0.25) is 0 Å². The van der Waals surface area contributed by atoms with E-state index in [4.69, 9.17) is 9.97 Å². The van der Waals surface area contributed by atoms with Gasteiger partial charge in [0.1, 0.15) is 0 Å². The molecule has 13 rings (SSSR count). The Morgan fingerprint density at radius 3 is 1.61 bits per heavy atom. The number of aromatic nitrogens is 2. The molecule has 0 saturated heterocycles. The third-order valence-electron chi connectivity index (χ3n) is 13.3. The highest BCUT2D eigenvalue weighted by molar-refractivity contribution is 6.14. The minimum absolute atomic E-state index is 0.481. The zero-order valence-electron chi connectivity index (χ0n) is 33.2. The zero-order valence-corrected chi connectivity index (χ0v) is 33.2. The molecule has 0 atom stereocenters. The molecule has 1 spiro atoms. The van der Waals surface area contributed by atoms with E-state index in [1.165, 1.54) is 88.0 Å². The maximum atomic E-state index is 5.19. The maximum absolute atomic E-state index is 5.19. The van der Waals surface area contributed by atoms with Crippen LogP contribution in [-0.4, -0.2) is 9.97 Å². The van der Waals surface area contributed by atoms with Gasteiger partial charge in [0.05, 0.1) is 16.8 Å². The summed E-state index contributed by atoms with van der Waals surface area (Å²) in [6, 6.07) is 79.9. The molecule has 0 amide bonds. The SMILES string of the molecule is c1ccc(-c2nc(-c3ccc(-c4cc5c(c6ccccc46)-c4ccc6ccccc6c4C54c5ccccc5-c5ccccc54)cc3)cc(-c3ccc4ccccc4c3)n2)cc1. The van der Waals surface area contributed by atoms with Crippen molar-refractivity contribution in [1.29, 1.82) is 0 Å². The minimum Gasteiger partial charge on any atom is -0.228 e. The first kappa shape index (κ1) is 34.0. The molecule has 11 aromatic rings. The molecule has 0 radical (unpaired) electrons. The monoisotopic (exact) mass is 772 g/mol. The molecule has 2 aliphatic carbocycles. The lowest BCUT2D eigenvalue weighted by molar-refractivity contribution is 0.802. The molecule has 1 aromatic heterocycles. The quantitative estimate of drug-likeness (QED) is 0.178. The van der Waals surface area contributed by atoms with E-state index < -0.39 is 5.41 Å². The molecule has 0 bridgehead atoms. The van der Waals surface area contributed by atoms with E-state index in [9.17, 15) is 0 Å². The van der Waals surface area contributed by atoms with Gasteiger partial charge in [-0.25, -0.2) is 9.97 Å². The fraction of sp³-hybridized carbons (Fsp3) is 0.0169. The van der Waals surface area contributed by atoms with Gasteiger partial charge in [-0.15, -0.1) is 0 Å². The summed E-state index contributed by atoms with van der Waals surface area (Å²) in [4.78, 5) is 10.3. The zero-order chi connectivity index (χ0) is 40.1. The van der Waals surface area contributed by atoms with Crippen LogP contribution in [0.5, 0.6) is 0 Å². The fourth-order valence-electron chi connectivity index (χ4n) is 10.6. The third-order valence-corrected chi connectivity index (χ3v) is 13.3. The van der Waals surface area contributed by atoms with Crippen molar-refractivity contribution in [3.05, 3.63) is 241 Å². The normalized spacial score (nSPS) is 13.0. The van der Waals surface area contributed by atoms with Gasteiger partial charge in [-0.05, 0) is 106 Å². The Labute approximate surface area is 354 Å². The first-order valence-electron chi connectivity index (χ1n) is 21.1. The molecular weight excluding hydrogens is 737 g/mol. The van der Waals surface area contributed by atoms with Gasteiger partial charge in [-0.3, -0.25) is 0 Å². The van der Waals surface area contributed by atoms with E-state index in [0.29, 0.717) is 5.82 Å². The fourth-order valence-corrected chi connectivity index (χ4v) is 10.6. The molecule has 61 heavy (non-hydrogen) atoms. The Morgan fingerprint density at radius 2 is 0.852 bits per heavy atom. The molecule has 0 unspecified atom stereocenters. The first-order valence-corrected chi connectivity index (χ1v) is 21.1. The summed E-state index contributed by atoms with van der Waals surface area (Å²) in [7, 11) is 0. The highest BCUT2D eigenvalue weighted by atomic mass is 14.9. The van der Waals surface area contributed by atoms with Crippen molar-refractivity contribution < 1.29 is 0 Å². The summed E-state index contributed by atoms with van der Waals surface area (Å²) in [6.07, 6.45) is 0. The standard InChI is InChI=1S/C59H36N2/c1-2-16-41(17-3-1)58-60-54(36-55(61-58)43-31-26-37-14-4-5-18-42(37)34-43)40-29-27-39(28-30-40)50-35-53-56(48-23-9-8-20-45(48)50)49-33-32-38-15-6-7-19-44(38)57(49)59(53)51-24-12-10-21-46(51)47-22-11-13-25-52(47)59/h1-36H. The molecule has 2 nitrogen and oxygen atoms in total. The second-order valence-corrected chi connectivity index (χ2v) is 16.4. The van der Waals surface area contributed by atoms with Gasteiger partial charge in [-0.1, -0.05) is 200 Å². The molecule has 2 heteroatoms. The topological polar surface area (TPSA) is 25.8 Å². The molecule has 282 valence electrons. The van der Waals surface area contributed by atoms with Crippen molar-refractivity contribution in [2.45, 2.75) is 5.41 Å². The third kappa shape index (κ3) is 4.91. The van der Waals surface area contributed by atoms with Crippen LogP contribution in [-0.2, 0) is 5.41 Å². The van der Waals surface area contributed by atoms with Crippen molar-refractivity contribution in [2.75, 3.05) is 0 Å². The molecule has 0 N–H and O–H groups in total. The summed E-state index contributed by atoms with van der Waals surface area (Å²) < 4.78 is 0. The van der Waals surface area contributed by atoms with Crippen molar-refractivity contribution in [1.82, 2.24) is 9.97 Å². The summed E-state index contributed by atoms with van der Waals surface area (Å²) in [5, 5.41) is 7.49. The Bertz CT molecular complexity index is 3540. The minimum atomic E-state index is -0.481. The summed E-state index contributed by atoms with van der Waals surface area (Å²) in [5.74, 6) is 0.712. The molecular formula is C59H36N2. The lowest BCUT2D eigenvalue weighted by Crippen LogP contribution is -2.26. The highest BCUT2D eigenvalue weighted by Gasteiger charge is 2.53. The highest BCUT2D eigenvalue weighted by Crippen LogP contribution is 2.65. The van der Waals surface area contributed by atoms with Crippen LogP contribution in [0.25, 0.3) is 99.6 Å². The van der Waals surface area contributed by atoms with Gasteiger partial charge in [-0.2, -0.15) is 0 Å². The van der Waals surface area contributed by atoms with Gasteiger partial charge < -0.3 is 0 Å². The predicted octanol–water partition coefficient (Wildman–Crippen LogP) is 14.9. The molecule has 0 saturated carbocycles. The van der Waals surface area contributed by atoms with E-state index in [0.717, 1.165) is 28.1 Å². The van der Waals surface area contributed by atoms with Crippen LogP contribution >= 0.6 is 0 Å². The molecule has 10 aromatic carbocycles. The number of nitrogens with zero attached hydrogens (tertiary/aromatic N) is 2. The van der Waals surface area contributed by atoms with Gasteiger partial charge >= 0.3 is 0 Å². The van der Waals surface area contributed by atoms with Crippen molar-refractivity contribution >= 4 is 32.3 Å². The van der Waals surface area contributed by atoms with Gasteiger partial charge in [0.15, 0.2) is 5.82 Å². The molecule has 0 fully saturated rings. The first-order chi connectivity index (χ1) is 30.2. The Kier molecular flexibility index (Phi) is 7.26. The summed E-state index contributed by atoms with van der Waals surface area (Å²) in [6.45, 7) is 0. The number of hydrogen-bond donors (Lipinski definition) is 0. The number of benzene rings is 10.